The summed E-state index contributed by atoms with van der Waals surface area (Å²) in [6.07, 6.45) is 10.3. The molecule has 3 nitrogen and oxygen atoms in total. The molecule has 0 aliphatic rings. The molecule has 0 fully saturated rings. The van der Waals surface area contributed by atoms with Crippen LogP contribution in [-0.4, -0.2) is 8.42 Å². The van der Waals surface area contributed by atoms with E-state index in [2.05, 4.69) is 6.92 Å². The zero-order chi connectivity index (χ0) is 15.6. The highest BCUT2D eigenvalue weighted by Crippen LogP contribution is 2.26. The first-order valence-electron chi connectivity index (χ1n) is 8.12. The molecule has 0 bridgehead atoms. The lowest BCUT2D eigenvalue weighted by molar-refractivity contribution is 0.544. The van der Waals surface area contributed by atoms with E-state index in [-0.39, 0.29) is 0 Å². The summed E-state index contributed by atoms with van der Waals surface area (Å²) in [4.78, 5) is 0. The van der Waals surface area contributed by atoms with Crippen molar-refractivity contribution in [3.63, 3.8) is 0 Å². The Balaban J connectivity index is 2.33. The topological polar surface area (TPSA) is 60.2 Å². The van der Waals surface area contributed by atoms with Gasteiger partial charge in [-0.1, -0.05) is 88.6 Å². The van der Waals surface area contributed by atoms with E-state index in [0.29, 0.717) is 6.42 Å². The van der Waals surface area contributed by atoms with Crippen molar-refractivity contribution in [1.29, 1.82) is 0 Å². The minimum Gasteiger partial charge on any atom is -0.228 e. The van der Waals surface area contributed by atoms with Crippen LogP contribution in [0.5, 0.6) is 0 Å². The fourth-order valence-electron chi connectivity index (χ4n) is 2.65. The zero-order valence-electron chi connectivity index (χ0n) is 13.1. The summed E-state index contributed by atoms with van der Waals surface area (Å²) in [7, 11) is -3.52. The number of sulfonamides is 1. The summed E-state index contributed by atoms with van der Waals surface area (Å²) in [5, 5.41) is 4.82. The molecule has 0 heterocycles. The van der Waals surface area contributed by atoms with E-state index in [9.17, 15) is 8.42 Å². The molecule has 0 radical (unpaired) electrons. The lowest BCUT2D eigenvalue weighted by Crippen LogP contribution is -2.21. The summed E-state index contributed by atoms with van der Waals surface area (Å²) >= 11 is 0. The lowest BCUT2D eigenvalue weighted by Gasteiger charge is -2.15. The fraction of sp³-hybridized carbons (Fsp3) is 0.647. The van der Waals surface area contributed by atoms with Gasteiger partial charge < -0.3 is 0 Å². The second-order valence-electron chi connectivity index (χ2n) is 5.75. The Labute approximate surface area is 130 Å². The third kappa shape index (κ3) is 7.63. The highest BCUT2D eigenvalue weighted by Gasteiger charge is 2.22. The molecule has 0 saturated carbocycles. The Hall–Kier alpha value is -0.870. The van der Waals surface area contributed by atoms with Gasteiger partial charge in [0.05, 0.1) is 0 Å². The van der Waals surface area contributed by atoms with Crippen molar-refractivity contribution in [1.82, 2.24) is 0 Å². The summed E-state index contributed by atoms with van der Waals surface area (Å²) in [6, 6.07) is 9.31. The van der Waals surface area contributed by atoms with Crippen LogP contribution in [0.2, 0.25) is 0 Å². The van der Waals surface area contributed by atoms with E-state index in [1.165, 1.54) is 38.5 Å². The van der Waals surface area contributed by atoms with Gasteiger partial charge in [-0.05, 0) is 12.0 Å². The molecule has 0 aliphatic carbocycles. The fourth-order valence-corrected chi connectivity index (χ4v) is 3.68. The molecule has 4 heteroatoms. The van der Waals surface area contributed by atoms with Gasteiger partial charge in [-0.25, -0.2) is 13.6 Å². The molecular weight excluding hydrogens is 282 g/mol. The average molecular weight is 311 g/mol. The maximum Gasteiger partial charge on any atom is 0.216 e. The van der Waals surface area contributed by atoms with Gasteiger partial charge in [0.25, 0.3) is 0 Å². The first-order chi connectivity index (χ1) is 10.1. The minimum atomic E-state index is -3.52. The predicted molar refractivity (Wildman–Crippen MR) is 89.5 cm³/mol. The van der Waals surface area contributed by atoms with Crippen molar-refractivity contribution < 1.29 is 8.42 Å². The van der Waals surface area contributed by atoms with Crippen LogP contribution in [0.3, 0.4) is 0 Å². The van der Waals surface area contributed by atoms with Crippen LogP contribution in [0.15, 0.2) is 30.3 Å². The third-order valence-corrected chi connectivity index (χ3v) is 5.19. The Morgan fingerprint density at radius 2 is 1.43 bits per heavy atom. The van der Waals surface area contributed by atoms with Gasteiger partial charge in [0, 0.05) is 0 Å². The lowest BCUT2D eigenvalue weighted by atomic mass is 10.0. The van der Waals surface area contributed by atoms with Crippen LogP contribution in [0, 0.1) is 0 Å². The van der Waals surface area contributed by atoms with Gasteiger partial charge >= 0.3 is 0 Å². The largest absolute Gasteiger partial charge is 0.228 e. The molecule has 1 aromatic rings. The van der Waals surface area contributed by atoms with Crippen molar-refractivity contribution in [3.8, 4) is 0 Å². The number of hydrogen-bond acceptors (Lipinski definition) is 2. The molecule has 1 atom stereocenters. The minimum absolute atomic E-state index is 0.557. The van der Waals surface area contributed by atoms with Gasteiger partial charge in [-0.15, -0.1) is 0 Å². The van der Waals surface area contributed by atoms with Gasteiger partial charge in [0.15, 0.2) is 0 Å². The van der Waals surface area contributed by atoms with Crippen LogP contribution >= 0.6 is 0 Å². The summed E-state index contributed by atoms with van der Waals surface area (Å²) in [5.41, 5.74) is 0.808. The summed E-state index contributed by atoms with van der Waals surface area (Å²) in [5.74, 6) is 0. The van der Waals surface area contributed by atoms with E-state index < -0.39 is 15.3 Å². The molecule has 0 aliphatic heterocycles. The van der Waals surface area contributed by atoms with E-state index in [4.69, 9.17) is 5.14 Å². The van der Waals surface area contributed by atoms with Gasteiger partial charge in [0.1, 0.15) is 5.25 Å². The molecule has 2 N–H and O–H groups in total. The Morgan fingerprint density at radius 3 is 1.95 bits per heavy atom. The van der Waals surface area contributed by atoms with E-state index in [1.807, 2.05) is 30.3 Å². The van der Waals surface area contributed by atoms with Crippen molar-refractivity contribution in [2.75, 3.05) is 0 Å². The van der Waals surface area contributed by atoms with E-state index >= 15 is 0 Å². The second-order valence-corrected chi connectivity index (χ2v) is 7.50. The van der Waals surface area contributed by atoms with Gasteiger partial charge in [-0.2, -0.15) is 0 Å². The molecule has 0 spiro atoms. The highest BCUT2D eigenvalue weighted by atomic mass is 32.2. The third-order valence-electron chi connectivity index (χ3n) is 3.89. The van der Waals surface area contributed by atoms with Gasteiger partial charge in [-0.3, -0.25) is 0 Å². The number of hydrogen-bond donors (Lipinski definition) is 1. The number of rotatable bonds is 11. The van der Waals surface area contributed by atoms with Crippen LogP contribution < -0.4 is 5.14 Å². The maximum absolute atomic E-state index is 11.7. The van der Waals surface area contributed by atoms with Crippen molar-refractivity contribution in [2.24, 2.45) is 5.14 Å². The van der Waals surface area contributed by atoms with Crippen LogP contribution in [-0.2, 0) is 10.0 Å². The first kappa shape index (κ1) is 18.2. The summed E-state index contributed by atoms with van der Waals surface area (Å²) in [6.45, 7) is 2.22. The standard InChI is InChI=1S/C17H29NO2S/c1-2-3-4-5-6-7-8-12-15-17(21(18,19)20)16-13-10-9-11-14-16/h9-11,13-14,17H,2-8,12,15H2,1H3,(H2,18,19,20). The molecule has 1 unspecified atom stereocenters. The number of benzene rings is 1. The monoisotopic (exact) mass is 311 g/mol. The normalized spacial score (nSPS) is 13.2. The smallest absolute Gasteiger partial charge is 0.216 e. The van der Waals surface area contributed by atoms with Crippen LogP contribution in [0.1, 0.15) is 75.5 Å². The highest BCUT2D eigenvalue weighted by molar-refractivity contribution is 7.89. The second kappa shape index (κ2) is 9.96. The molecule has 0 amide bonds. The molecule has 120 valence electrons. The molecule has 21 heavy (non-hydrogen) atoms. The van der Waals surface area contributed by atoms with Crippen molar-refractivity contribution in [2.45, 2.75) is 70.0 Å². The van der Waals surface area contributed by atoms with Crippen molar-refractivity contribution in [3.05, 3.63) is 35.9 Å². The quantitative estimate of drug-likeness (QED) is 0.610. The molecule has 1 rings (SSSR count). The molecule has 0 saturated heterocycles. The number of nitrogens with two attached hydrogens (primary N) is 1. The van der Waals surface area contributed by atoms with Crippen molar-refractivity contribution >= 4 is 10.0 Å². The number of unbranched alkanes of at least 4 members (excludes halogenated alkanes) is 7. The predicted octanol–water partition coefficient (Wildman–Crippen LogP) is 4.55. The Morgan fingerprint density at radius 1 is 0.905 bits per heavy atom. The van der Waals surface area contributed by atoms with E-state index in [1.54, 1.807) is 0 Å². The Bertz CT molecular complexity index is 471. The summed E-state index contributed by atoms with van der Waals surface area (Å²) < 4.78 is 23.5. The molecular formula is C17H29NO2S. The van der Waals surface area contributed by atoms with Crippen LogP contribution in [0.25, 0.3) is 0 Å². The first-order valence-corrected chi connectivity index (χ1v) is 9.73. The maximum atomic E-state index is 11.7. The molecule has 0 aromatic heterocycles. The number of primary sulfonamides is 1. The SMILES string of the molecule is CCCCCCCCCCC(c1ccccc1)S(N)(=O)=O. The zero-order valence-corrected chi connectivity index (χ0v) is 13.9. The van der Waals surface area contributed by atoms with E-state index in [0.717, 1.165) is 18.4 Å². The Kier molecular flexibility index (Phi) is 8.62. The molecule has 1 aromatic carbocycles. The van der Waals surface area contributed by atoms with Gasteiger partial charge in [0.2, 0.25) is 10.0 Å². The van der Waals surface area contributed by atoms with Crippen LogP contribution in [0.4, 0.5) is 0 Å². The average Bonchev–Trinajstić information content (AvgIpc) is 2.45.